The Balaban J connectivity index is 2.19. The molecule has 1 N–H and O–H groups in total. The molecule has 0 unspecified atom stereocenters. The van der Waals surface area contributed by atoms with Gasteiger partial charge in [-0.3, -0.25) is 0 Å². The van der Waals surface area contributed by atoms with Crippen molar-refractivity contribution in [3.63, 3.8) is 0 Å². The molecule has 94 valence electrons. The van der Waals surface area contributed by atoms with Crippen molar-refractivity contribution in [3.05, 3.63) is 51.6 Å². The van der Waals surface area contributed by atoms with Gasteiger partial charge >= 0.3 is 5.97 Å². The summed E-state index contributed by atoms with van der Waals surface area (Å²) >= 11 is 2.22. The van der Waals surface area contributed by atoms with Crippen LogP contribution in [0.3, 0.4) is 0 Å². The second kappa shape index (κ2) is 4.65. The van der Waals surface area contributed by atoms with Crippen LogP contribution < -0.4 is 0 Å². The number of carboxylic acids is 1. The summed E-state index contributed by atoms with van der Waals surface area (Å²) in [5.41, 5.74) is 1.84. The zero-order valence-corrected chi connectivity index (χ0v) is 11.8. The number of carbonyl (C=O) groups is 1. The van der Waals surface area contributed by atoms with Crippen molar-refractivity contribution in [2.45, 2.75) is 0 Å². The van der Waals surface area contributed by atoms with Gasteiger partial charge in [0.1, 0.15) is 5.52 Å². The number of aromatic carboxylic acids is 1. The fourth-order valence-electron chi connectivity index (χ4n) is 1.84. The molecule has 19 heavy (non-hydrogen) atoms. The largest absolute Gasteiger partial charge is 0.478 e. The minimum atomic E-state index is -1.01. The van der Waals surface area contributed by atoms with Crippen LogP contribution in [0.4, 0.5) is 0 Å². The van der Waals surface area contributed by atoms with Gasteiger partial charge in [-0.1, -0.05) is 6.07 Å². The summed E-state index contributed by atoms with van der Waals surface area (Å²) in [6, 6.07) is 12.6. The van der Waals surface area contributed by atoms with Gasteiger partial charge < -0.3 is 9.52 Å². The van der Waals surface area contributed by atoms with Crippen molar-refractivity contribution in [2.75, 3.05) is 0 Å². The number of rotatable bonds is 2. The van der Waals surface area contributed by atoms with Gasteiger partial charge in [0.05, 0.1) is 5.56 Å². The molecule has 0 saturated carbocycles. The quantitative estimate of drug-likeness (QED) is 0.702. The van der Waals surface area contributed by atoms with Crippen molar-refractivity contribution in [1.82, 2.24) is 4.98 Å². The van der Waals surface area contributed by atoms with Crippen LogP contribution in [-0.2, 0) is 0 Å². The lowest BCUT2D eigenvalue weighted by Gasteiger charge is -1.94. The first-order valence-electron chi connectivity index (χ1n) is 5.54. The number of hydrogen-bond donors (Lipinski definition) is 1. The zero-order valence-electron chi connectivity index (χ0n) is 9.63. The summed E-state index contributed by atoms with van der Waals surface area (Å²) in [6.45, 7) is 0. The number of oxazole rings is 1. The van der Waals surface area contributed by atoms with Crippen LogP contribution in [0.5, 0.6) is 0 Å². The summed E-state index contributed by atoms with van der Waals surface area (Å²) in [4.78, 5) is 15.4. The number of fused-ring (bicyclic) bond motifs is 1. The van der Waals surface area contributed by atoms with Crippen molar-refractivity contribution >= 4 is 39.7 Å². The van der Waals surface area contributed by atoms with E-state index >= 15 is 0 Å². The molecule has 0 atom stereocenters. The number of hydrogen-bond acceptors (Lipinski definition) is 3. The lowest BCUT2D eigenvalue weighted by molar-refractivity contribution is 0.0699. The molecular weight excluding hydrogens is 357 g/mol. The number of aromatic nitrogens is 1. The molecule has 0 radical (unpaired) electrons. The van der Waals surface area contributed by atoms with Gasteiger partial charge in [-0.2, -0.15) is 0 Å². The van der Waals surface area contributed by atoms with Crippen LogP contribution in [0.1, 0.15) is 10.4 Å². The fraction of sp³-hybridized carbons (Fsp3) is 0. The highest BCUT2D eigenvalue weighted by Crippen LogP contribution is 2.26. The lowest BCUT2D eigenvalue weighted by atomic mass is 10.2. The molecule has 4 nitrogen and oxygen atoms in total. The van der Waals surface area contributed by atoms with Crippen molar-refractivity contribution < 1.29 is 14.3 Å². The minimum absolute atomic E-state index is 0.151. The third-order valence-corrected chi connectivity index (χ3v) is 3.46. The maximum Gasteiger partial charge on any atom is 0.338 e. The number of nitrogens with zero attached hydrogens (tertiary/aromatic N) is 1. The molecule has 3 aromatic rings. The normalized spacial score (nSPS) is 10.8. The van der Waals surface area contributed by atoms with E-state index in [1.54, 1.807) is 12.1 Å². The predicted molar refractivity (Wildman–Crippen MR) is 79.1 cm³/mol. The van der Waals surface area contributed by atoms with E-state index in [1.165, 1.54) is 6.07 Å². The number of carboxylic acid groups (broad SMARTS) is 1. The van der Waals surface area contributed by atoms with Crippen molar-refractivity contribution in [3.8, 4) is 11.5 Å². The Morgan fingerprint density at radius 2 is 1.89 bits per heavy atom. The van der Waals surface area contributed by atoms with Gasteiger partial charge in [0, 0.05) is 9.13 Å². The van der Waals surface area contributed by atoms with E-state index < -0.39 is 5.97 Å². The van der Waals surface area contributed by atoms with Gasteiger partial charge in [-0.05, 0) is 59.0 Å². The fourth-order valence-corrected chi connectivity index (χ4v) is 2.20. The van der Waals surface area contributed by atoms with Gasteiger partial charge in [0.15, 0.2) is 5.58 Å². The first kappa shape index (κ1) is 12.2. The standard InChI is InChI=1S/C14H8INO3/c15-9-6-4-8(5-7-9)13-16-12-10(14(17)18)2-1-3-11(12)19-13/h1-7H,(H,17,18). The van der Waals surface area contributed by atoms with Crippen molar-refractivity contribution in [1.29, 1.82) is 0 Å². The molecule has 0 fully saturated rings. The van der Waals surface area contributed by atoms with Crippen LogP contribution in [0, 0.1) is 3.57 Å². The van der Waals surface area contributed by atoms with Crippen LogP contribution in [0.15, 0.2) is 46.9 Å². The highest BCUT2D eigenvalue weighted by atomic mass is 127. The van der Waals surface area contributed by atoms with E-state index in [0.29, 0.717) is 17.0 Å². The first-order chi connectivity index (χ1) is 9.15. The highest BCUT2D eigenvalue weighted by Gasteiger charge is 2.15. The second-order valence-electron chi connectivity index (χ2n) is 3.98. The molecule has 0 aliphatic rings. The minimum Gasteiger partial charge on any atom is -0.478 e. The first-order valence-corrected chi connectivity index (χ1v) is 6.62. The molecule has 0 spiro atoms. The Morgan fingerprint density at radius 1 is 1.16 bits per heavy atom. The maximum atomic E-state index is 11.1. The van der Waals surface area contributed by atoms with Gasteiger partial charge in [0.2, 0.25) is 5.89 Å². The molecule has 0 aliphatic heterocycles. The average Bonchev–Trinajstić information content (AvgIpc) is 2.82. The molecule has 1 heterocycles. The monoisotopic (exact) mass is 365 g/mol. The Labute approximate surface area is 122 Å². The van der Waals surface area contributed by atoms with E-state index in [2.05, 4.69) is 27.6 Å². The Hall–Kier alpha value is -1.89. The van der Waals surface area contributed by atoms with Gasteiger partial charge in [-0.25, -0.2) is 9.78 Å². The SMILES string of the molecule is O=C(O)c1cccc2oc(-c3ccc(I)cc3)nc12. The smallest absolute Gasteiger partial charge is 0.338 e. The molecule has 2 aromatic carbocycles. The second-order valence-corrected chi connectivity index (χ2v) is 5.23. The van der Waals surface area contributed by atoms with E-state index in [4.69, 9.17) is 9.52 Å². The molecule has 0 bridgehead atoms. The Morgan fingerprint density at radius 3 is 2.58 bits per heavy atom. The van der Waals surface area contributed by atoms with Crippen LogP contribution >= 0.6 is 22.6 Å². The Kier molecular flexibility index (Phi) is 2.98. The Bertz CT molecular complexity index is 762. The third kappa shape index (κ3) is 2.21. The number of para-hydroxylation sites is 1. The molecular formula is C14H8INO3. The summed E-state index contributed by atoms with van der Waals surface area (Å²) in [5.74, 6) is -0.576. The summed E-state index contributed by atoms with van der Waals surface area (Å²) < 4.78 is 6.72. The summed E-state index contributed by atoms with van der Waals surface area (Å²) in [7, 11) is 0. The van der Waals surface area contributed by atoms with Crippen LogP contribution in [-0.4, -0.2) is 16.1 Å². The van der Waals surface area contributed by atoms with E-state index in [-0.39, 0.29) is 5.56 Å². The van der Waals surface area contributed by atoms with E-state index in [1.807, 2.05) is 24.3 Å². The number of benzene rings is 2. The lowest BCUT2D eigenvalue weighted by Crippen LogP contribution is -1.96. The topological polar surface area (TPSA) is 63.3 Å². The predicted octanol–water partition coefficient (Wildman–Crippen LogP) is 3.80. The average molecular weight is 365 g/mol. The molecule has 5 heteroatoms. The molecule has 1 aromatic heterocycles. The maximum absolute atomic E-state index is 11.1. The molecule has 0 aliphatic carbocycles. The zero-order chi connectivity index (χ0) is 13.4. The highest BCUT2D eigenvalue weighted by molar-refractivity contribution is 14.1. The van der Waals surface area contributed by atoms with Crippen LogP contribution in [0.2, 0.25) is 0 Å². The summed E-state index contributed by atoms with van der Waals surface area (Å²) in [5, 5.41) is 9.12. The molecule has 3 rings (SSSR count). The van der Waals surface area contributed by atoms with Gasteiger partial charge in [0.25, 0.3) is 0 Å². The van der Waals surface area contributed by atoms with E-state index in [0.717, 1.165) is 9.13 Å². The van der Waals surface area contributed by atoms with E-state index in [9.17, 15) is 4.79 Å². The molecule has 0 saturated heterocycles. The van der Waals surface area contributed by atoms with Gasteiger partial charge in [-0.15, -0.1) is 0 Å². The van der Waals surface area contributed by atoms with Crippen LogP contribution in [0.25, 0.3) is 22.6 Å². The summed E-state index contributed by atoms with van der Waals surface area (Å²) in [6.07, 6.45) is 0. The molecule has 0 amide bonds. The number of halogens is 1. The third-order valence-electron chi connectivity index (χ3n) is 2.74. The van der Waals surface area contributed by atoms with Crippen molar-refractivity contribution in [2.24, 2.45) is 0 Å².